The number of para-hydroxylation sites is 1. The number of carbonyl (C=O) groups excluding carboxylic acids is 1. The van der Waals surface area contributed by atoms with E-state index in [-0.39, 0.29) is 5.91 Å². The highest BCUT2D eigenvalue weighted by Crippen LogP contribution is 2.24. The van der Waals surface area contributed by atoms with Crippen molar-refractivity contribution in [2.45, 2.75) is 47.1 Å². The molecule has 0 saturated heterocycles. The van der Waals surface area contributed by atoms with Gasteiger partial charge in [0.05, 0.1) is 28.5 Å². The predicted octanol–water partition coefficient (Wildman–Crippen LogP) is 5.10. The summed E-state index contributed by atoms with van der Waals surface area (Å²) in [6.45, 7) is 8.60. The van der Waals surface area contributed by atoms with Crippen LogP contribution in [0.15, 0.2) is 36.4 Å². The molecule has 3 aromatic rings. The summed E-state index contributed by atoms with van der Waals surface area (Å²) in [6, 6.07) is 9.83. The summed E-state index contributed by atoms with van der Waals surface area (Å²) >= 11 is 6.43. The van der Waals surface area contributed by atoms with Crippen molar-refractivity contribution in [2.75, 3.05) is 5.32 Å². The van der Waals surface area contributed by atoms with E-state index in [1.807, 2.05) is 55.8 Å². The average Bonchev–Trinajstić information content (AvgIpc) is 3.15. The minimum Gasteiger partial charge on any atom is -0.319 e. The van der Waals surface area contributed by atoms with E-state index in [1.165, 1.54) is 6.08 Å². The van der Waals surface area contributed by atoms with Crippen molar-refractivity contribution >= 4 is 29.3 Å². The monoisotopic (exact) mass is 411 g/mol. The molecule has 0 aliphatic heterocycles. The van der Waals surface area contributed by atoms with Crippen molar-refractivity contribution in [3.05, 3.63) is 64.2 Å². The molecule has 1 amide bonds. The molecule has 1 aromatic carbocycles. The highest BCUT2D eigenvalue weighted by Gasteiger charge is 2.15. The summed E-state index contributed by atoms with van der Waals surface area (Å²) in [4.78, 5) is 12.5. The Labute approximate surface area is 176 Å². The van der Waals surface area contributed by atoms with Crippen LogP contribution >= 0.6 is 11.6 Å². The van der Waals surface area contributed by atoms with Gasteiger partial charge < -0.3 is 5.32 Å². The van der Waals surface area contributed by atoms with Gasteiger partial charge in [0.1, 0.15) is 5.15 Å². The first kappa shape index (κ1) is 20.9. The summed E-state index contributed by atoms with van der Waals surface area (Å²) < 4.78 is 3.61. The van der Waals surface area contributed by atoms with Crippen molar-refractivity contribution in [3.8, 4) is 5.69 Å². The van der Waals surface area contributed by atoms with Crippen LogP contribution in [0.25, 0.3) is 11.8 Å². The Kier molecular flexibility index (Phi) is 6.54. The number of nitrogens with zero attached hydrogens (tertiary/aromatic N) is 4. The van der Waals surface area contributed by atoms with Gasteiger partial charge in [-0.15, -0.1) is 0 Å². The molecule has 152 valence electrons. The molecule has 0 aliphatic carbocycles. The SMILES string of the molecule is CCCCn1nc(C)c(/C=C\C(=O)Nc2c(C)nn(-c3ccccc3)c2C)c1Cl. The first-order chi connectivity index (χ1) is 13.9. The second kappa shape index (κ2) is 9.09. The third-order valence-electron chi connectivity index (χ3n) is 4.77. The van der Waals surface area contributed by atoms with Crippen LogP contribution in [0.1, 0.15) is 42.4 Å². The molecule has 29 heavy (non-hydrogen) atoms. The van der Waals surface area contributed by atoms with Crippen LogP contribution in [0.3, 0.4) is 0 Å². The number of hydrogen-bond acceptors (Lipinski definition) is 3. The van der Waals surface area contributed by atoms with Crippen LogP contribution in [0.5, 0.6) is 0 Å². The van der Waals surface area contributed by atoms with Crippen LogP contribution in [-0.4, -0.2) is 25.5 Å². The Morgan fingerprint density at radius 1 is 1.14 bits per heavy atom. The molecule has 1 N–H and O–H groups in total. The Bertz CT molecular complexity index is 1030. The standard InChI is InChI=1S/C22H26ClN5O/c1-5-6-14-27-22(23)19(15(2)25-27)12-13-20(29)24-21-16(3)26-28(17(21)4)18-10-8-7-9-11-18/h7-13H,5-6,14H2,1-4H3,(H,24,29)/b13-12-. The van der Waals surface area contributed by atoms with Crippen LogP contribution in [0, 0.1) is 20.8 Å². The van der Waals surface area contributed by atoms with E-state index >= 15 is 0 Å². The first-order valence-corrected chi connectivity index (χ1v) is 10.1. The van der Waals surface area contributed by atoms with Crippen molar-refractivity contribution in [3.63, 3.8) is 0 Å². The quantitative estimate of drug-likeness (QED) is 0.550. The van der Waals surface area contributed by atoms with E-state index < -0.39 is 0 Å². The zero-order chi connectivity index (χ0) is 21.0. The van der Waals surface area contributed by atoms with E-state index in [2.05, 4.69) is 22.4 Å². The summed E-state index contributed by atoms with van der Waals surface area (Å²) in [5.74, 6) is -0.236. The number of carbonyl (C=O) groups is 1. The highest BCUT2D eigenvalue weighted by atomic mass is 35.5. The number of hydrogen-bond donors (Lipinski definition) is 1. The summed E-state index contributed by atoms with van der Waals surface area (Å²) in [5.41, 5.74) is 4.87. The van der Waals surface area contributed by atoms with E-state index in [4.69, 9.17) is 11.6 Å². The van der Waals surface area contributed by atoms with Crippen molar-refractivity contribution in [2.24, 2.45) is 0 Å². The lowest BCUT2D eigenvalue weighted by atomic mass is 10.2. The molecule has 0 unspecified atom stereocenters. The maximum atomic E-state index is 12.5. The van der Waals surface area contributed by atoms with Crippen LogP contribution in [-0.2, 0) is 11.3 Å². The summed E-state index contributed by atoms with van der Waals surface area (Å²) in [5, 5.41) is 12.5. The largest absolute Gasteiger partial charge is 0.319 e. The number of anilines is 1. The van der Waals surface area contributed by atoms with E-state index in [0.717, 1.165) is 47.7 Å². The Hall–Kier alpha value is -2.86. The average molecular weight is 412 g/mol. The van der Waals surface area contributed by atoms with Gasteiger partial charge in [-0.2, -0.15) is 10.2 Å². The zero-order valence-electron chi connectivity index (χ0n) is 17.2. The Morgan fingerprint density at radius 3 is 2.55 bits per heavy atom. The second-order valence-corrected chi connectivity index (χ2v) is 7.34. The Morgan fingerprint density at radius 2 is 1.86 bits per heavy atom. The summed E-state index contributed by atoms with van der Waals surface area (Å²) in [6.07, 6.45) is 5.28. The van der Waals surface area contributed by atoms with Crippen molar-refractivity contribution in [1.82, 2.24) is 19.6 Å². The maximum Gasteiger partial charge on any atom is 0.248 e. The molecule has 0 saturated carbocycles. The van der Waals surface area contributed by atoms with E-state index in [0.29, 0.717) is 10.8 Å². The zero-order valence-corrected chi connectivity index (χ0v) is 18.0. The van der Waals surface area contributed by atoms with Gasteiger partial charge in [-0.25, -0.2) is 4.68 Å². The molecule has 0 fully saturated rings. The topological polar surface area (TPSA) is 64.7 Å². The number of benzene rings is 1. The molecule has 0 aliphatic rings. The molecular weight excluding hydrogens is 386 g/mol. The molecule has 3 rings (SSSR count). The van der Waals surface area contributed by atoms with Gasteiger partial charge in [-0.05, 0) is 45.4 Å². The van der Waals surface area contributed by atoms with Crippen LogP contribution in [0.2, 0.25) is 5.15 Å². The number of halogens is 1. The molecule has 0 radical (unpaired) electrons. The number of nitrogens with one attached hydrogen (secondary N) is 1. The molecule has 7 heteroatoms. The molecule has 0 bridgehead atoms. The Balaban J connectivity index is 1.77. The van der Waals surface area contributed by atoms with Crippen molar-refractivity contribution in [1.29, 1.82) is 0 Å². The van der Waals surface area contributed by atoms with Crippen LogP contribution < -0.4 is 5.32 Å². The fourth-order valence-electron chi connectivity index (χ4n) is 3.18. The van der Waals surface area contributed by atoms with Gasteiger partial charge >= 0.3 is 0 Å². The number of aryl methyl sites for hydroxylation is 3. The summed E-state index contributed by atoms with van der Waals surface area (Å²) in [7, 11) is 0. The number of unbranched alkanes of at least 4 members (excludes halogenated alkanes) is 1. The third-order valence-corrected chi connectivity index (χ3v) is 5.17. The normalized spacial score (nSPS) is 11.3. The predicted molar refractivity (Wildman–Crippen MR) is 118 cm³/mol. The highest BCUT2D eigenvalue weighted by molar-refractivity contribution is 6.31. The lowest BCUT2D eigenvalue weighted by molar-refractivity contribution is -0.111. The van der Waals surface area contributed by atoms with Gasteiger partial charge in [0.15, 0.2) is 0 Å². The fraction of sp³-hybridized carbons (Fsp3) is 0.318. The number of rotatable bonds is 7. The second-order valence-electron chi connectivity index (χ2n) is 6.98. The minimum absolute atomic E-state index is 0.236. The smallest absolute Gasteiger partial charge is 0.248 e. The molecule has 0 atom stereocenters. The minimum atomic E-state index is -0.236. The molecule has 2 heterocycles. The van der Waals surface area contributed by atoms with Gasteiger partial charge in [0.25, 0.3) is 0 Å². The van der Waals surface area contributed by atoms with Gasteiger partial charge in [-0.3, -0.25) is 9.48 Å². The lowest BCUT2D eigenvalue weighted by Crippen LogP contribution is -2.09. The van der Waals surface area contributed by atoms with Gasteiger partial charge in [0.2, 0.25) is 5.91 Å². The van der Waals surface area contributed by atoms with Gasteiger partial charge in [0, 0.05) is 18.2 Å². The maximum absolute atomic E-state index is 12.5. The van der Waals surface area contributed by atoms with E-state index in [9.17, 15) is 4.79 Å². The lowest BCUT2D eigenvalue weighted by Gasteiger charge is -2.05. The molecular formula is C22H26ClN5O. The van der Waals surface area contributed by atoms with Crippen LogP contribution in [0.4, 0.5) is 5.69 Å². The molecule has 6 nitrogen and oxygen atoms in total. The van der Waals surface area contributed by atoms with Gasteiger partial charge in [-0.1, -0.05) is 43.1 Å². The molecule has 0 spiro atoms. The molecule has 2 aromatic heterocycles. The van der Waals surface area contributed by atoms with E-state index in [1.54, 1.807) is 10.8 Å². The number of aromatic nitrogens is 4. The van der Waals surface area contributed by atoms with Crippen molar-refractivity contribution < 1.29 is 4.79 Å². The first-order valence-electron chi connectivity index (χ1n) is 9.76. The fourth-order valence-corrected chi connectivity index (χ4v) is 3.50. The third kappa shape index (κ3) is 4.59. The number of amides is 1.